The number of aryl methyl sites for hydroxylation is 1. The van der Waals surface area contributed by atoms with Crippen molar-refractivity contribution in [2.45, 2.75) is 38.3 Å². The Hall–Kier alpha value is -3.92. The molecular formula is C27H32N6O4. The summed E-state index contributed by atoms with van der Waals surface area (Å²) in [6.45, 7) is 7.27. The average Bonchev–Trinajstić information content (AvgIpc) is 3.33. The quantitative estimate of drug-likeness (QED) is 0.363. The molecule has 2 aliphatic heterocycles. The molecule has 0 saturated carbocycles. The summed E-state index contributed by atoms with van der Waals surface area (Å²) in [6.07, 6.45) is 0.953. The number of nitrogens with zero attached hydrogens (tertiary/aromatic N) is 3. The van der Waals surface area contributed by atoms with E-state index < -0.39 is 16.4 Å². The van der Waals surface area contributed by atoms with Crippen molar-refractivity contribution >= 4 is 34.1 Å². The Bertz CT molecular complexity index is 1350. The summed E-state index contributed by atoms with van der Waals surface area (Å²) in [7, 11) is 0. The molecule has 3 aromatic rings. The minimum atomic E-state index is -1.03. The molecule has 194 valence electrons. The Morgan fingerprint density at radius 2 is 1.86 bits per heavy atom. The highest BCUT2D eigenvalue weighted by Gasteiger charge is 2.45. The Morgan fingerprint density at radius 3 is 2.57 bits per heavy atom. The lowest BCUT2D eigenvalue weighted by atomic mass is 9.86. The van der Waals surface area contributed by atoms with Crippen LogP contribution < -0.4 is 15.5 Å². The Labute approximate surface area is 215 Å². The first-order valence-corrected chi connectivity index (χ1v) is 12.7. The predicted molar refractivity (Wildman–Crippen MR) is 142 cm³/mol. The molecule has 0 bridgehead atoms. The van der Waals surface area contributed by atoms with Crippen molar-refractivity contribution in [3.8, 4) is 0 Å². The van der Waals surface area contributed by atoms with Gasteiger partial charge in [0.25, 0.3) is 11.6 Å². The van der Waals surface area contributed by atoms with E-state index in [0.717, 1.165) is 5.69 Å². The molecule has 3 N–H and O–H groups in total. The Balaban J connectivity index is 1.36. The first-order chi connectivity index (χ1) is 17.8. The highest BCUT2D eigenvalue weighted by Crippen LogP contribution is 2.28. The third-order valence-electron chi connectivity index (χ3n) is 7.54. The van der Waals surface area contributed by atoms with Gasteiger partial charge in [-0.15, -0.1) is 0 Å². The Morgan fingerprint density at radius 1 is 1.11 bits per heavy atom. The zero-order valence-corrected chi connectivity index (χ0v) is 21.1. The first-order valence-electron chi connectivity index (χ1n) is 12.7. The van der Waals surface area contributed by atoms with Crippen LogP contribution in [0.3, 0.4) is 0 Å². The fraction of sp³-hybridized carbons (Fsp3) is 0.407. The fourth-order valence-electron chi connectivity index (χ4n) is 5.58. The van der Waals surface area contributed by atoms with Crippen molar-refractivity contribution in [3.63, 3.8) is 0 Å². The number of fused-ring (bicyclic) bond motifs is 1. The van der Waals surface area contributed by atoms with Gasteiger partial charge in [0.1, 0.15) is 16.7 Å². The molecule has 2 fully saturated rings. The number of nitrogens with one attached hydrogen (secondary N) is 3. The first kappa shape index (κ1) is 24.8. The van der Waals surface area contributed by atoms with Crippen molar-refractivity contribution in [2.75, 3.05) is 37.6 Å². The fourth-order valence-corrected chi connectivity index (χ4v) is 5.58. The number of aromatic amines is 1. The molecular weight excluding hydrogens is 472 g/mol. The van der Waals surface area contributed by atoms with Crippen LogP contribution >= 0.6 is 0 Å². The van der Waals surface area contributed by atoms with E-state index in [2.05, 4.69) is 52.6 Å². The average molecular weight is 505 g/mol. The van der Waals surface area contributed by atoms with E-state index in [9.17, 15) is 19.7 Å². The van der Waals surface area contributed by atoms with Crippen LogP contribution in [0.4, 0.5) is 11.4 Å². The summed E-state index contributed by atoms with van der Waals surface area (Å²) < 4.78 is 0. The van der Waals surface area contributed by atoms with Gasteiger partial charge < -0.3 is 25.4 Å². The van der Waals surface area contributed by atoms with Crippen LogP contribution in [-0.2, 0) is 4.79 Å². The number of aromatic nitrogens is 1. The number of piperidine rings is 1. The van der Waals surface area contributed by atoms with E-state index in [1.165, 1.54) is 11.6 Å². The van der Waals surface area contributed by atoms with Crippen molar-refractivity contribution in [1.29, 1.82) is 0 Å². The number of carbonyl (C=O) groups is 2. The molecule has 3 heterocycles. The number of non-ortho nitro benzene ring substituents is 1. The van der Waals surface area contributed by atoms with Gasteiger partial charge in [-0.05, 0) is 63.5 Å². The van der Waals surface area contributed by atoms with Gasteiger partial charge in [0, 0.05) is 42.8 Å². The lowest BCUT2D eigenvalue weighted by molar-refractivity contribution is -0.383. The maximum atomic E-state index is 14.0. The SMILES string of the molecule is Cc1cccc(N2CCN(C(=O)C3(NC(=O)c4cc5cccc([N+](=O)[O-])c5[nH]4)CCNCC3)CC2C)c1. The van der Waals surface area contributed by atoms with Crippen LogP contribution in [0.25, 0.3) is 10.9 Å². The molecule has 1 atom stereocenters. The van der Waals surface area contributed by atoms with E-state index in [-0.39, 0.29) is 23.3 Å². The standard InChI is InChI=1S/C27H32N6O4/c1-18-5-3-7-21(15-18)32-14-13-31(17-19(32)2)26(35)27(9-11-28-12-10-27)30-25(34)22-16-20-6-4-8-23(33(36)37)24(20)29-22/h3-8,15-16,19,28-29H,9-14,17H2,1-2H3,(H,30,34). The van der Waals surface area contributed by atoms with Gasteiger partial charge in [-0.1, -0.05) is 24.3 Å². The van der Waals surface area contributed by atoms with Crippen molar-refractivity contribution in [3.05, 3.63) is 69.9 Å². The van der Waals surface area contributed by atoms with Crippen LogP contribution in [0.15, 0.2) is 48.5 Å². The number of benzene rings is 2. The molecule has 2 amide bonds. The monoisotopic (exact) mass is 504 g/mol. The number of anilines is 1. The number of carbonyl (C=O) groups excluding carboxylic acids is 2. The molecule has 2 saturated heterocycles. The number of rotatable bonds is 5. The van der Waals surface area contributed by atoms with Gasteiger partial charge in [0.2, 0.25) is 5.91 Å². The van der Waals surface area contributed by atoms with Gasteiger partial charge in [-0.2, -0.15) is 0 Å². The summed E-state index contributed by atoms with van der Waals surface area (Å²) in [5, 5.41) is 18.3. The van der Waals surface area contributed by atoms with Crippen molar-refractivity contribution in [2.24, 2.45) is 0 Å². The molecule has 10 nitrogen and oxygen atoms in total. The number of hydrogen-bond donors (Lipinski definition) is 3. The van der Waals surface area contributed by atoms with Crippen LogP contribution in [0.5, 0.6) is 0 Å². The van der Waals surface area contributed by atoms with Crippen LogP contribution in [0.1, 0.15) is 35.8 Å². The number of H-pyrrole nitrogens is 1. The van der Waals surface area contributed by atoms with Gasteiger partial charge in [0.05, 0.1) is 4.92 Å². The van der Waals surface area contributed by atoms with Gasteiger partial charge in [-0.3, -0.25) is 19.7 Å². The molecule has 0 aliphatic carbocycles. The number of nitro groups is 1. The van der Waals surface area contributed by atoms with Gasteiger partial charge in [0.15, 0.2) is 0 Å². The molecule has 0 spiro atoms. The molecule has 1 aromatic heterocycles. The second-order valence-electron chi connectivity index (χ2n) is 10.1. The van der Waals surface area contributed by atoms with Crippen molar-refractivity contribution < 1.29 is 14.5 Å². The molecule has 0 radical (unpaired) electrons. The van der Waals surface area contributed by atoms with Crippen molar-refractivity contribution in [1.82, 2.24) is 20.5 Å². The molecule has 1 unspecified atom stereocenters. The lowest BCUT2D eigenvalue weighted by Crippen LogP contribution is -2.66. The lowest BCUT2D eigenvalue weighted by Gasteiger charge is -2.46. The molecule has 2 aromatic carbocycles. The second-order valence-corrected chi connectivity index (χ2v) is 10.1. The summed E-state index contributed by atoms with van der Waals surface area (Å²) >= 11 is 0. The molecule has 2 aliphatic rings. The minimum absolute atomic E-state index is 0.0693. The summed E-state index contributed by atoms with van der Waals surface area (Å²) in [5.41, 5.74) is 1.72. The van der Waals surface area contributed by atoms with E-state index in [1.54, 1.807) is 18.2 Å². The number of para-hydroxylation sites is 1. The van der Waals surface area contributed by atoms with E-state index >= 15 is 0 Å². The third-order valence-corrected chi connectivity index (χ3v) is 7.54. The van der Waals surface area contributed by atoms with Crippen LogP contribution in [0.2, 0.25) is 0 Å². The number of nitro benzene ring substituents is 1. The largest absolute Gasteiger partial charge is 0.365 e. The summed E-state index contributed by atoms with van der Waals surface area (Å²) in [6, 6.07) is 14.8. The molecule has 10 heteroatoms. The topological polar surface area (TPSA) is 124 Å². The normalized spacial score (nSPS) is 19.6. The van der Waals surface area contributed by atoms with Gasteiger partial charge in [-0.25, -0.2) is 0 Å². The zero-order valence-electron chi connectivity index (χ0n) is 21.1. The highest BCUT2D eigenvalue weighted by molar-refractivity contribution is 6.02. The van der Waals surface area contributed by atoms with E-state index in [0.29, 0.717) is 56.5 Å². The minimum Gasteiger partial charge on any atom is -0.365 e. The number of piperazine rings is 1. The smallest absolute Gasteiger partial charge is 0.293 e. The number of amides is 2. The third kappa shape index (κ3) is 4.76. The predicted octanol–water partition coefficient (Wildman–Crippen LogP) is 2.97. The van der Waals surface area contributed by atoms with E-state index in [4.69, 9.17) is 0 Å². The zero-order chi connectivity index (χ0) is 26.2. The summed E-state index contributed by atoms with van der Waals surface area (Å²) in [4.78, 5) is 45.4. The van der Waals surface area contributed by atoms with Gasteiger partial charge >= 0.3 is 0 Å². The molecule has 37 heavy (non-hydrogen) atoms. The van der Waals surface area contributed by atoms with E-state index in [1.807, 2.05) is 11.0 Å². The highest BCUT2D eigenvalue weighted by atomic mass is 16.6. The molecule has 5 rings (SSSR count). The number of hydrogen-bond acceptors (Lipinski definition) is 6. The maximum absolute atomic E-state index is 14.0. The van der Waals surface area contributed by atoms with Crippen LogP contribution in [-0.4, -0.2) is 70.9 Å². The van der Waals surface area contributed by atoms with Crippen LogP contribution in [0, 0.1) is 17.0 Å². The summed E-state index contributed by atoms with van der Waals surface area (Å²) in [5.74, 6) is -0.507. The Kier molecular flexibility index (Phi) is 6.59. The second kappa shape index (κ2) is 9.85. The maximum Gasteiger partial charge on any atom is 0.293 e.